The van der Waals surface area contributed by atoms with Crippen LogP contribution in [-0.2, 0) is 5.41 Å². The molecule has 0 atom stereocenters. The Hall–Kier alpha value is -2.56. The molecule has 0 aliphatic heterocycles. The third-order valence-electron chi connectivity index (χ3n) is 3.99. The average Bonchev–Trinajstić information content (AvgIpc) is 3.02. The molecule has 1 aromatic carbocycles. The van der Waals surface area contributed by atoms with E-state index < -0.39 is 0 Å². The van der Waals surface area contributed by atoms with Crippen molar-refractivity contribution in [3.05, 3.63) is 47.3 Å². The maximum atomic E-state index is 10.6. The van der Waals surface area contributed by atoms with Gasteiger partial charge in [0.25, 0.3) is 0 Å². The van der Waals surface area contributed by atoms with Crippen molar-refractivity contribution in [2.75, 3.05) is 0 Å². The number of rotatable bonds is 2. The van der Waals surface area contributed by atoms with Gasteiger partial charge in [0.2, 0.25) is 5.88 Å². The van der Waals surface area contributed by atoms with E-state index in [1.165, 1.54) is 5.56 Å². The lowest BCUT2D eigenvalue weighted by atomic mass is 9.87. The van der Waals surface area contributed by atoms with Crippen LogP contribution in [0.15, 0.2) is 30.3 Å². The van der Waals surface area contributed by atoms with Crippen molar-refractivity contribution in [3.8, 4) is 22.8 Å². The van der Waals surface area contributed by atoms with Gasteiger partial charge in [-0.05, 0) is 43.0 Å². The standard InChI is InChI=1S/C18H22N4O/c1-11-10-15(20-19-11)16-12(2)21-22(17(16)23)14-8-6-13(7-9-14)18(3,4)5/h6-10,23H,1-5H3,(H,19,20). The second-order valence-electron chi connectivity index (χ2n) is 6.92. The van der Waals surface area contributed by atoms with Crippen LogP contribution in [-0.4, -0.2) is 25.1 Å². The summed E-state index contributed by atoms with van der Waals surface area (Å²) in [5, 5.41) is 22.1. The van der Waals surface area contributed by atoms with Crippen LogP contribution < -0.4 is 0 Å². The summed E-state index contributed by atoms with van der Waals surface area (Å²) in [5.41, 5.74) is 5.27. The Bertz CT molecular complexity index is 835. The molecular weight excluding hydrogens is 288 g/mol. The molecule has 3 rings (SSSR count). The second-order valence-corrected chi connectivity index (χ2v) is 6.92. The fourth-order valence-corrected chi connectivity index (χ4v) is 2.66. The highest BCUT2D eigenvalue weighted by atomic mass is 16.3. The average molecular weight is 310 g/mol. The molecule has 3 aromatic rings. The van der Waals surface area contributed by atoms with Crippen LogP contribution in [0.4, 0.5) is 0 Å². The van der Waals surface area contributed by atoms with E-state index >= 15 is 0 Å². The Balaban J connectivity index is 2.05. The highest BCUT2D eigenvalue weighted by molar-refractivity contribution is 5.69. The third kappa shape index (κ3) is 2.74. The number of nitrogens with zero attached hydrogens (tertiary/aromatic N) is 3. The van der Waals surface area contributed by atoms with Crippen molar-refractivity contribution < 1.29 is 5.11 Å². The van der Waals surface area contributed by atoms with Gasteiger partial charge in [0.1, 0.15) is 0 Å². The van der Waals surface area contributed by atoms with Crippen LogP contribution >= 0.6 is 0 Å². The zero-order chi connectivity index (χ0) is 16.8. The fraction of sp³-hybridized carbons (Fsp3) is 0.333. The van der Waals surface area contributed by atoms with E-state index in [1.807, 2.05) is 32.0 Å². The van der Waals surface area contributed by atoms with E-state index in [0.717, 1.165) is 22.8 Å². The molecule has 0 spiro atoms. The predicted octanol–water partition coefficient (Wildman–Crippen LogP) is 3.88. The molecule has 0 aliphatic carbocycles. The number of nitrogens with one attached hydrogen (secondary N) is 1. The number of hydrogen-bond acceptors (Lipinski definition) is 3. The van der Waals surface area contributed by atoms with Crippen LogP contribution in [0.25, 0.3) is 16.9 Å². The van der Waals surface area contributed by atoms with E-state index in [4.69, 9.17) is 0 Å². The molecule has 120 valence electrons. The molecule has 0 fully saturated rings. The van der Waals surface area contributed by atoms with Gasteiger partial charge < -0.3 is 5.11 Å². The number of H-pyrrole nitrogens is 1. The lowest BCUT2D eigenvalue weighted by Gasteiger charge is -2.19. The van der Waals surface area contributed by atoms with Gasteiger partial charge in [-0.15, -0.1) is 0 Å². The van der Waals surface area contributed by atoms with Crippen molar-refractivity contribution in [2.24, 2.45) is 0 Å². The first-order valence-electron chi connectivity index (χ1n) is 7.69. The molecule has 0 bridgehead atoms. The molecule has 2 N–H and O–H groups in total. The lowest BCUT2D eigenvalue weighted by Crippen LogP contribution is -2.10. The van der Waals surface area contributed by atoms with Crippen molar-refractivity contribution in [3.63, 3.8) is 0 Å². The van der Waals surface area contributed by atoms with Gasteiger partial charge in [0.15, 0.2) is 0 Å². The van der Waals surface area contributed by atoms with E-state index in [-0.39, 0.29) is 11.3 Å². The maximum Gasteiger partial charge on any atom is 0.224 e. The monoisotopic (exact) mass is 310 g/mol. The van der Waals surface area contributed by atoms with Crippen LogP contribution in [0, 0.1) is 13.8 Å². The first-order valence-corrected chi connectivity index (χ1v) is 7.69. The molecule has 0 amide bonds. The number of hydrogen-bond donors (Lipinski definition) is 2. The summed E-state index contributed by atoms with van der Waals surface area (Å²) in [5.74, 6) is 0.120. The molecule has 2 heterocycles. The summed E-state index contributed by atoms with van der Waals surface area (Å²) in [7, 11) is 0. The molecule has 0 saturated carbocycles. The van der Waals surface area contributed by atoms with Gasteiger partial charge in [-0.2, -0.15) is 10.2 Å². The normalized spacial score (nSPS) is 11.9. The van der Waals surface area contributed by atoms with Crippen LogP contribution in [0.5, 0.6) is 5.88 Å². The van der Waals surface area contributed by atoms with E-state index in [2.05, 4.69) is 48.2 Å². The zero-order valence-corrected chi connectivity index (χ0v) is 14.2. The van der Waals surface area contributed by atoms with Crippen LogP contribution in [0.2, 0.25) is 0 Å². The highest BCUT2D eigenvalue weighted by Crippen LogP contribution is 2.33. The van der Waals surface area contributed by atoms with Crippen LogP contribution in [0.1, 0.15) is 37.7 Å². The quantitative estimate of drug-likeness (QED) is 0.755. The van der Waals surface area contributed by atoms with E-state index in [0.29, 0.717) is 5.56 Å². The van der Waals surface area contributed by atoms with Gasteiger partial charge in [0.05, 0.1) is 28.3 Å². The van der Waals surface area contributed by atoms with Crippen molar-refractivity contribution in [1.82, 2.24) is 20.0 Å². The molecule has 2 aromatic heterocycles. The molecule has 0 aliphatic rings. The first kappa shape index (κ1) is 15.3. The Morgan fingerprint density at radius 2 is 1.74 bits per heavy atom. The SMILES string of the molecule is Cc1cc(-c2c(C)nn(-c3ccc(C(C)(C)C)cc3)c2O)[nH]n1. The van der Waals surface area contributed by atoms with Crippen molar-refractivity contribution in [1.29, 1.82) is 0 Å². The van der Waals surface area contributed by atoms with E-state index in [9.17, 15) is 5.11 Å². The number of aromatic nitrogens is 4. The second kappa shape index (κ2) is 5.26. The summed E-state index contributed by atoms with van der Waals surface area (Å²) in [6, 6.07) is 10.0. The predicted molar refractivity (Wildman–Crippen MR) is 91.0 cm³/mol. The molecule has 0 radical (unpaired) electrons. The topological polar surface area (TPSA) is 66.7 Å². The third-order valence-corrected chi connectivity index (χ3v) is 3.99. The summed E-state index contributed by atoms with van der Waals surface area (Å²) in [4.78, 5) is 0. The molecule has 0 unspecified atom stereocenters. The number of benzene rings is 1. The molecule has 5 heteroatoms. The van der Waals surface area contributed by atoms with Crippen molar-refractivity contribution in [2.45, 2.75) is 40.0 Å². The minimum absolute atomic E-state index is 0.0964. The molecule has 5 nitrogen and oxygen atoms in total. The van der Waals surface area contributed by atoms with Gasteiger partial charge in [0, 0.05) is 0 Å². The number of aryl methyl sites for hydroxylation is 2. The minimum atomic E-state index is 0.0964. The van der Waals surface area contributed by atoms with E-state index in [1.54, 1.807) is 4.68 Å². The van der Waals surface area contributed by atoms with Gasteiger partial charge in [-0.1, -0.05) is 32.9 Å². The maximum absolute atomic E-state index is 10.6. The van der Waals surface area contributed by atoms with Crippen molar-refractivity contribution >= 4 is 0 Å². The van der Waals surface area contributed by atoms with Gasteiger partial charge >= 0.3 is 0 Å². The zero-order valence-electron chi connectivity index (χ0n) is 14.2. The summed E-state index contributed by atoms with van der Waals surface area (Å²) in [6.45, 7) is 10.3. The Kier molecular flexibility index (Phi) is 3.51. The molecule has 0 saturated heterocycles. The van der Waals surface area contributed by atoms with Crippen LogP contribution in [0.3, 0.4) is 0 Å². The largest absolute Gasteiger partial charge is 0.493 e. The Morgan fingerprint density at radius 3 is 2.26 bits per heavy atom. The Labute approximate surface area is 136 Å². The molecular formula is C18H22N4O. The Morgan fingerprint density at radius 1 is 1.09 bits per heavy atom. The van der Waals surface area contributed by atoms with Gasteiger partial charge in [-0.3, -0.25) is 5.10 Å². The first-order chi connectivity index (χ1) is 10.8. The lowest BCUT2D eigenvalue weighted by molar-refractivity contribution is 0.435. The number of aromatic hydroxyl groups is 1. The number of aromatic amines is 1. The minimum Gasteiger partial charge on any atom is -0.493 e. The smallest absolute Gasteiger partial charge is 0.224 e. The highest BCUT2D eigenvalue weighted by Gasteiger charge is 2.19. The summed E-state index contributed by atoms with van der Waals surface area (Å²) < 4.78 is 1.56. The van der Waals surface area contributed by atoms with Gasteiger partial charge in [-0.25, -0.2) is 4.68 Å². The summed E-state index contributed by atoms with van der Waals surface area (Å²) in [6.07, 6.45) is 0. The fourth-order valence-electron chi connectivity index (χ4n) is 2.66. The summed E-state index contributed by atoms with van der Waals surface area (Å²) >= 11 is 0. The molecule has 23 heavy (non-hydrogen) atoms.